The first kappa shape index (κ1) is 41.3. The number of ether oxygens (including phenoxy) is 1. The summed E-state index contributed by atoms with van der Waals surface area (Å²) in [5.74, 6) is -2.07. The van der Waals surface area contributed by atoms with Gasteiger partial charge in [0, 0.05) is 53.2 Å². The number of β-lactam (4-membered cyclic amide) rings is 1. The van der Waals surface area contributed by atoms with Crippen LogP contribution in [0.2, 0.25) is 5.04 Å². The summed E-state index contributed by atoms with van der Waals surface area (Å²) in [5.41, 5.74) is 1.03. The van der Waals surface area contributed by atoms with Gasteiger partial charge in [-0.05, 0) is 40.0 Å². The van der Waals surface area contributed by atoms with Gasteiger partial charge in [-0.2, -0.15) is 0 Å². The van der Waals surface area contributed by atoms with Crippen LogP contribution in [-0.2, 0) is 25.4 Å². The number of non-ortho nitro benzene ring substituents is 1. The number of rotatable bonds is 15. The van der Waals surface area contributed by atoms with E-state index in [2.05, 4.69) is 60.2 Å². The first-order valence-corrected chi connectivity index (χ1v) is 22.9. The molecule has 2 amide bonds. The number of benzene rings is 3. The third-order valence-corrected chi connectivity index (χ3v) is 18.5. The molecule has 7 rings (SSSR count). The van der Waals surface area contributed by atoms with Gasteiger partial charge in [0.1, 0.15) is 18.0 Å². The molecule has 0 unspecified atom stereocenters. The number of anilines is 1. The SMILES string of the molecule is C[C@@H](O)[C@H]1C(=O)N2C(C(=O)OCc3ccc([N+](=O)[O-])cc3)=C(SC3CN(c4nc(C(=O)NCCO[Si](c5ccccc5)(c5ccccc5)C(C)(C)C)cs4)C3)[C@H](C)[C@H]12. The van der Waals surface area contributed by atoms with E-state index in [-0.39, 0.29) is 52.1 Å². The monoisotopic (exact) mass is 841 g/mol. The van der Waals surface area contributed by atoms with E-state index >= 15 is 0 Å². The number of hydrogen-bond acceptors (Lipinski definition) is 12. The molecule has 4 atom stereocenters. The van der Waals surface area contributed by atoms with Crippen molar-refractivity contribution >= 4 is 70.4 Å². The molecule has 13 nitrogen and oxygen atoms in total. The Bertz CT molecular complexity index is 2150. The molecule has 4 aromatic rings. The standard InChI is InChI=1S/C42H47N5O8S2Si/c1-26-35-34(27(2)48)39(50)46(35)36(40(51)54-24-28-16-18-29(19-17-28)47(52)53)37(26)57-30-22-45(23-30)41-44-33(25-56-41)38(49)43-20-21-55-58(42(3,4)5,31-12-8-6-9-13-31)32-14-10-7-11-15-32/h6-19,25-27,30,34-35,48H,20-24H2,1-5H3,(H,43,49)/t26-,27-,34-,35-/m1/s1. The molecular weight excluding hydrogens is 795 g/mol. The molecule has 2 fully saturated rings. The van der Waals surface area contributed by atoms with Gasteiger partial charge >= 0.3 is 5.97 Å². The van der Waals surface area contributed by atoms with Crippen molar-refractivity contribution in [2.24, 2.45) is 11.8 Å². The minimum absolute atomic E-state index is 0.0702. The summed E-state index contributed by atoms with van der Waals surface area (Å²) in [5, 5.41) is 29.2. The van der Waals surface area contributed by atoms with Crippen LogP contribution >= 0.6 is 23.1 Å². The normalized spacial score (nSPS) is 20.0. The minimum atomic E-state index is -2.74. The first-order valence-electron chi connectivity index (χ1n) is 19.3. The number of nitrogens with zero attached hydrogens (tertiary/aromatic N) is 4. The number of fused-ring (bicyclic) bond motifs is 1. The van der Waals surface area contributed by atoms with Crippen molar-refractivity contribution in [1.82, 2.24) is 15.2 Å². The molecule has 0 spiro atoms. The Kier molecular flexibility index (Phi) is 11.9. The number of esters is 1. The zero-order valence-corrected chi connectivity index (χ0v) is 35.6. The van der Waals surface area contributed by atoms with Crippen molar-refractivity contribution in [3.63, 3.8) is 0 Å². The molecule has 0 bridgehead atoms. The Morgan fingerprint density at radius 2 is 1.67 bits per heavy atom. The van der Waals surface area contributed by atoms with Gasteiger partial charge in [-0.3, -0.25) is 19.7 Å². The number of carbonyl (C=O) groups excluding carboxylic acids is 3. The average Bonchev–Trinajstić information content (AvgIpc) is 3.76. The van der Waals surface area contributed by atoms with Gasteiger partial charge in [0.25, 0.3) is 19.9 Å². The molecule has 304 valence electrons. The van der Waals surface area contributed by atoms with Crippen molar-refractivity contribution < 1.29 is 33.6 Å². The molecular formula is C42H47N5O8S2Si. The second kappa shape index (κ2) is 16.8. The Labute approximate surface area is 346 Å². The quantitative estimate of drug-likeness (QED) is 0.0409. The van der Waals surface area contributed by atoms with Gasteiger partial charge in [-0.15, -0.1) is 23.1 Å². The Morgan fingerprint density at radius 1 is 1.05 bits per heavy atom. The first-order chi connectivity index (χ1) is 27.7. The highest BCUT2D eigenvalue weighted by Gasteiger charge is 2.60. The van der Waals surface area contributed by atoms with Gasteiger partial charge in [0.15, 0.2) is 5.13 Å². The maximum absolute atomic E-state index is 13.6. The third kappa shape index (κ3) is 7.83. The van der Waals surface area contributed by atoms with Crippen LogP contribution in [0.3, 0.4) is 0 Å². The van der Waals surface area contributed by atoms with E-state index in [1.54, 1.807) is 12.3 Å². The number of aliphatic hydroxyl groups is 1. The maximum Gasteiger partial charge on any atom is 0.356 e. The number of nitro groups is 1. The molecule has 1 aromatic heterocycles. The van der Waals surface area contributed by atoms with Crippen LogP contribution in [0, 0.1) is 22.0 Å². The molecule has 3 aliphatic rings. The van der Waals surface area contributed by atoms with Crippen LogP contribution < -0.4 is 20.6 Å². The molecule has 0 saturated carbocycles. The molecule has 4 heterocycles. The highest BCUT2D eigenvalue weighted by Crippen LogP contribution is 2.52. The van der Waals surface area contributed by atoms with Gasteiger partial charge in [0.2, 0.25) is 5.91 Å². The van der Waals surface area contributed by atoms with Crippen LogP contribution in [0.1, 0.15) is 50.7 Å². The van der Waals surface area contributed by atoms with Crippen molar-refractivity contribution in [1.29, 1.82) is 0 Å². The number of nitro benzene ring substituents is 1. The second-order valence-corrected chi connectivity index (χ2v) is 22.4. The van der Waals surface area contributed by atoms with E-state index in [1.165, 1.54) is 62.6 Å². The van der Waals surface area contributed by atoms with E-state index in [1.807, 2.05) is 43.3 Å². The van der Waals surface area contributed by atoms with E-state index in [0.717, 1.165) is 10.0 Å². The number of hydrogen-bond donors (Lipinski definition) is 2. The van der Waals surface area contributed by atoms with Crippen LogP contribution in [-0.4, -0.2) is 89.7 Å². The number of amides is 2. The summed E-state index contributed by atoms with van der Waals surface area (Å²) in [6.45, 7) is 12.0. The fourth-order valence-electron chi connectivity index (χ4n) is 8.18. The Morgan fingerprint density at radius 3 is 2.24 bits per heavy atom. The summed E-state index contributed by atoms with van der Waals surface area (Å²) in [7, 11) is -2.74. The largest absolute Gasteiger partial charge is 0.456 e. The average molecular weight is 842 g/mol. The van der Waals surface area contributed by atoms with Crippen molar-refractivity contribution in [3.05, 3.63) is 122 Å². The summed E-state index contributed by atoms with van der Waals surface area (Å²) >= 11 is 2.92. The highest BCUT2D eigenvalue weighted by molar-refractivity contribution is 8.03. The molecule has 2 N–H and O–H groups in total. The van der Waals surface area contributed by atoms with Crippen molar-refractivity contribution in [2.45, 2.75) is 63.7 Å². The van der Waals surface area contributed by atoms with Gasteiger partial charge < -0.3 is 29.4 Å². The lowest BCUT2D eigenvalue weighted by Crippen LogP contribution is -2.67. The number of carbonyl (C=O) groups is 3. The van der Waals surface area contributed by atoms with E-state index in [9.17, 15) is 29.6 Å². The molecule has 3 aromatic carbocycles. The predicted octanol–water partition coefficient (Wildman–Crippen LogP) is 5.09. The Balaban J connectivity index is 0.967. The molecule has 16 heteroatoms. The lowest BCUT2D eigenvalue weighted by Gasteiger charge is -2.46. The highest BCUT2D eigenvalue weighted by atomic mass is 32.2. The molecule has 3 aliphatic heterocycles. The smallest absolute Gasteiger partial charge is 0.356 e. The summed E-state index contributed by atoms with van der Waals surface area (Å²) in [4.78, 5) is 59.5. The van der Waals surface area contributed by atoms with Crippen LogP contribution in [0.15, 0.2) is 101 Å². The fourth-order valence-corrected chi connectivity index (χ4v) is 15.1. The zero-order valence-electron chi connectivity index (χ0n) is 33.0. The summed E-state index contributed by atoms with van der Waals surface area (Å²) in [6.07, 6.45) is -0.872. The molecule has 0 radical (unpaired) electrons. The lowest BCUT2D eigenvalue weighted by atomic mass is 9.79. The van der Waals surface area contributed by atoms with E-state index in [0.29, 0.717) is 37.5 Å². The van der Waals surface area contributed by atoms with Crippen molar-refractivity contribution in [3.8, 4) is 0 Å². The zero-order chi connectivity index (χ0) is 41.4. The van der Waals surface area contributed by atoms with Crippen LogP contribution in [0.4, 0.5) is 10.8 Å². The number of aromatic nitrogens is 1. The van der Waals surface area contributed by atoms with Crippen LogP contribution in [0.25, 0.3) is 0 Å². The second-order valence-electron chi connectivity index (χ2n) is 15.9. The number of aliphatic hydroxyl groups excluding tert-OH is 1. The number of nitrogens with one attached hydrogen (secondary N) is 1. The molecule has 2 saturated heterocycles. The molecule has 58 heavy (non-hydrogen) atoms. The van der Waals surface area contributed by atoms with Crippen molar-refractivity contribution in [2.75, 3.05) is 31.1 Å². The van der Waals surface area contributed by atoms with Gasteiger partial charge in [0.05, 0.1) is 29.6 Å². The number of thiazole rings is 1. The fraction of sp³-hybridized carbons (Fsp3) is 0.381. The predicted molar refractivity (Wildman–Crippen MR) is 226 cm³/mol. The minimum Gasteiger partial charge on any atom is -0.456 e. The third-order valence-electron chi connectivity index (χ3n) is 11.1. The topological polar surface area (TPSA) is 164 Å². The van der Waals surface area contributed by atoms with E-state index < -0.39 is 31.2 Å². The summed E-state index contributed by atoms with van der Waals surface area (Å²) in [6, 6.07) is 26.1. The molecule has 0 aliphatic carbocycles. The maximum atomic E-state index is 13.6. The van der Waals surface area contributed by atoms with E-state index in [4.69, 9.17) is 9.16 Å². The van der Waals surface area contributed by atoms with Gasteiger partial charge in [-0.25, -0.2) is 9.78 Å². The number of thioether (sulfide) groups is 1. The van der Waals surface area contributed by atoms with Crippen LogP contribution in [0.5, 0.6) is 0 Å². The lowest BCUT2D eigenvalue weighted by molar-refractivity contribution is -0.384. The Hall–Kier alpha value is -4.87. The van der Waals surface area contributed by atoms with Gasteiger partial charge in [-0.1, -0.05) is 88.4 Å². The summed E-state index contributed by atoms with van der Waals surface area (Å²) < 4.78 is 12.6.